The third-order valence-electron chi connectivity index (χ3n) is 10.2. The Hall–Kier alpha value is -4.19. The van der Waals surface area contributed by atoms with E-state index >= 15 is 0 Å². The summed E-state index contributed by atoms with van der Waals surface area (Å²) in [7, 11) is 1.48. The molecule has 260 valence electrons. The first-order valence-electron chi connectivity index (χ1n) is 17.8. The number of hydrogen-bond acceptors (Lipinski definition) is 8. The minimum atomic E-state index is -1.70. The van der Waals surface area contributed by atoms with Crippen molar-refractivity contribution in [2.45, 2.75) is 83.2 Å². The van der Waals surface area contributed by atoms with Crippen molar-refractivity contribution in [3.05, 3.63) is 83.0 Å². The predicted octanol–water partition coefficient (Wildman–Crippen LogP) is 6.25. The zero-order valence-corrected chi connectivity index (χ0v) is 28.7. The van der Waals surface area contributed by atoms with Crippen LogP contribution in [0, 0.1) is 35.5 Å². The van der Waals surface area contributed by atoms with Crippen LogP contribution >= 0.6 is 0 Å². The normalized spacial score (nSPS) is 24.2. The zero-order chi connectivity index (χ0) is 34.8. The van der Waals surface area contributed by atoms with Crippen LogP contribution < -0.4 is 10.1 Å². The first-order valence-corrected chi connectivity index (χ1v) is 17.8. The van der Waals surface area contributed by atoms with Crippen LogP contribution in [0.1, 0.15) is 86.5 Å². The summed E-state index contributed by atoms with van der Waals surface area (Å²) in [4.78, 5) is 32.0. The topological polar surface area (TPSA) is 129 Å². The van der Waals surface area contributed by atoms with Gasteiger partial charge in [0, 0.05) is 37.6 Å². The van der Waals surface area contributed by atoms with Gasteiger partial charge in [0.05, 0.1) is 13.0 Å². The van der Waals surface area contributed by atoms with Crippen LogP contribution in [-0.2, 0) is 22.4 Å². The van der Waals surface area contributed by atoms with Crippen molar-refractivity contribution in [2.75, 3.05) is 25.6 Å². The number of benzene rings is 2. The maximum atomic E-state index is 14.1. The molecule has 0 bridgehead atoms. The Labute approximate surface area is 290 Å². The van der Waals surface area contributed by atoms with Gasteiger partial charge in [-0.3, -0.25) is 9.59 Å². The number of nitrogens with one attached hydrogen (secondary N) is 1. The number of methoxy groups -OCH3 is 1. The van der Waals surface area contributed by atoms with Gasteiger partial charge in [-0.25, -0.2) is 4.98 Å². The van der Waals surface area contributed by atoms with Crippen LogP contribution in [0.2, 0.25) is 0 Å². The molecule has 2 aromatic carbocycles. The van der Waals surface area contributed by atoms with Crippen LogP contribution in [0.4, 0.5) is 5.82 Å². The Kier molecular flexibility index (Phi) is 12.9. The van der Waals surface area contributed by atoms with Crippen LogP contribution in [0.3, 0.4) is 0 Å². The maximum absolute atomic E-state index is 14.1. The lowest BCUT2D eigenvalue weighted by Crippen LogP contribution is -2.38. The number of nitrogens with zero attached hydrogens (tertiary/aromatic N) is 1. The molecule has 2 aliphatic rings. The number of hydrogen-bond donors (Lipinski definition) is 4. The molecule has 1 saturated carbocycles. The number of carbonyl (C=O) groups is 2. The molecule has 8 heteroatoms. The molecule has 0 radical (unpaired) electrons. The summed E-state index contributed by atoms with van der Waals surface area (Å²) in [5.41, 5.74) is 3.66. The van der Waals surface area contributed by atoms with Crippen molar-refractivity contribution < 1.29 is 29.6 Å². The summed E-state index contributed by atoms with van der Waals surface area (Å²) in [6, 6.07) is 17.4. The third-order valence-corrected chi connectivity index (χ3v) is 10.2. The van der Waals surface area contributed by atoms with Gasteiger partial charge in [-0.1, -0.05) is 68.4 Å². The van der Waals surface area contributed by atoms with E-state index in [4.69, 9.17) is 4.74 Å². The zero-order valence-electron chi connectivity index (χ0n) is 28.7. The minimum Gasteiger partial charge on any atom is -0.504 e. The summed E-state index contributed by atoms with van der Waals surface area (Å²) in [6.07, 6.45) is 7.05. The molecule has 1 aromatic heterocycles. The van der Waals surface area contributed by atoms with Crippen LogP contribution in [0.25, 0.3) is 0 Å². The summed E-state index contributed by atoms with van der Waals surface area (Å²) in [5, 5.41) is 34.6. The predicted molar refractivity (Wildman–Crippen MR) is 191 cm³/mol. The maximum Gasteiger partial charge on any atom is 0.173 e. The van der Waals surface area contributed by atoms with Gasteiger partial charge in [-0.15, -0.1) is 0 Å². The van der Waals surface area contributed by atoms with Crippen molar-refractivity contribution in [1.29, 1.82) is 0 Å². The number of phenols is 1. The third kappa shape index (κ3) is 9.29. The molecule has 0 amide bonds. The van der Waals surface area contributed by atoms with Gasteiger partial charge in [-0.2, -0.15) is 0 Å². The Morgan fingerprint density at radius 2 is 1.80 bits per heavy atom. The number of aromatic hydroxyl groups is 1. The van der Waals surface area contributed by atoms with Crippen molar-refractivity contribution >= 4 is 17.4 Å². The van der Waals surface area contributed by atoms with Gasteiger partial charge in [0.1, 0.15) is 5.82 Å². The first kappa shape index (κ1) is 36.1. The molecule has 8 nitrogen and oxygen atoms in total. The molecule has 3 aromatic rings. The number of ketones is 2. The molecular weight excluding hydrogens is 616 g/mol. The number of rotatable bonds is 11. The number of pyridine rings is 1. The second-order valence-electron chi connectivity index (χ2n) is 13.7. The molecule has 0 saturated heterocycles. The summed E-state index contributed by atoms with van der Waals surface area (Å²) in [6.45, 7) is 2.92. The van der Waals surface area contributed by atoms with E-state index in [0.29, 0.717) is 31.6 Å². The van der Waals surface area contributed by atoms with Gasteiger partial charge in [-0.05, 0) is 96.9 Å². The van der Waals surface area contributed by atoms with Gasteiger partial charge in [0.25, 0.3) is 0 Å². The van der Waals surface area contributed by atoms with E-state index in [9.17, 15) is 24.9 Å². The number of Topliss-reactive ketones (excluding diaryl/α,β-unsaturated/α-hetero) is 2. The van der Waals surface area contributed by atoms with E-state index < -0.39 is 29.5 Å². The van der Waals surface area contributed by atoms with Crippen molar-refractivity contribution in [3.8, 4) is 23.3 Å². The van der Waals surface area contributed by atoms with E-state index in [-0.39, 0.29) is 43.0 Å². The number of fused-ring (bicyclic) bond motifs is 2. The highest BCUT2D eigenvalue weighted by molar-refractivity contribution is 6.06. The lowest BCUT2D eigenvalue weighted by Gasteiger charge is -2.26. The fourth-order valence-electron chi connectivity index (χ4n) is 7.61. The van der Waals surface area contributed by atoms with Gasteiger partial charge in [0.15, 0.2) is 29.2 Å². The number of ether oxygens (including phenoxy) is 1. The standard InChI is InChI=1S/C41H50N2O6/c1-3-4-9-27-20-29(21-28-16-18-43-39(24-28)42-17-8-19-44)22-31-12-14-33(30-10-6-5-7-11-30)34-26-37(46)38(49-2)25-32(34)13-15-36(45)41(48)40(47)35(31)23-27/h5-7,10-11,16,18,24-27,29,31,33,35,41,44,46,48H,3-4,8-9,13,15,17,19-23H2,1-2H3,(H,42,43)/t27-,29+,31-,33-,35+,41+/m1/s1. The molecule has 0 aliphatic heterocycles. The van der Waals surface area contributed by atoms with Crippen molar-refractivity contribution in [1.82, 2.24) is 4.98 Å². The second kappa shape index (κ2) is 17.5. The van der Waals surface area contributed by atoms with Crippen LogP contribution in [-0.4, -0.2) is 58.2 Å². The highest BCUT2D eigenvalue weighted by atomic mass is 16.5. The molecule has 0 unspecified atom stereocenters. The Balaban J connectivity index is 1.58. The van der Waals surface area contributed by atoms with Gasteiger partial charge in [0.2, 0.25) is 0 Å². The minimum absolute atomic E-state index is 0.00800. The molecule has 0 spiro atoms. The van der Waals surface area contributed by atoms with Crippen molar-refractivity contribution in [2.24, 2.45) is 23.7 Å². The average molecular weight is 667 g/mol. The summed E-state index contributed by atoms with van der Waals surface area (Å²) < 4.78 is 5.41. The number of carbonyl (C=O) groups excluding carboxylic acids is 2. The lowest BCUT2D eigenvalue weighted by atomic mass is 9.77. The molecule has 6 atom stereocenters. The molecular formula is C41H50N2O6. The van der Waals surface area contributed by atoms with E-state index in [2.05, 4.69) is 35.1 Å². The number of aliphatic hydroxyl groups is 2. The van der Waals surface area contributed by atoms with Gasteiger partial charge >= 0.3 is 0 Å². The molecule has 49 heavy (non-hydrogen) atoms. The Bertz CT molecular complexity index is 1630. The van der Waals surface area contributed by atoms with E-state index in [1.165, 1.54) is 7.11 Å². The highest BCUT2D eigenvalue weighted by Gasteiger charge is 2.40. The number of aliphatic hydroxyl groups excluding tert-OH is 2. The van der Waals surface area contributed by atoms with Gasteiger partial charge < -0.3 is 25.4 Å². The van der Waals surface area contributed by atoms with Crippen LogP contribution in [0.15, 0.2) is 60.8 Å². The SMILES string of the molecule is CCCC[C@@H]1C[C@@H](Cc2ccnc(NCCCO)c2)C[C@H]2C#C[C@H](c3ccccc3)c3cc(O)c(OC)cc3CCC(=O)[C@H](O)C(=O)[C@H]2C1. The van der Waals surface area contributed by atoms with E-state index in [1.54, 1.807) is 18.3 Å². The summed E-state index contributed by atoms with van der Waals surface area (Å²) >= 11 is 0. The molecule has 1 heterocycles. The smallest absolute Gasteiger partial charge is 0.173 e. The fraction of sp³-hybridized carbons (Fsp3) is 0.488. The highest BCUT2D eigenvalue weighted by Crippen LogP contribution is 2.42. The number of aryl methyl sites for hydroxylation is 1. The quantitative estimate of drug-likeness (QED) is 0.107. The molecule has 2 aliphatic carbocycles. The monoisotopic (exact) mass is 666 g/mol. The van der Waals surface area contributed by atoms with Crippen LogP contribution in [0.5, 0.6) is 11.5 Å². The molecule has 5 rings (SSSR count). The second-order valence-corrected chi connectivity index (χ2v) is 13.7. The number of phenolic OH excluding ortho intramolecular Hbond substituents is 1. The Morgan fingerprint density at radius 3 is 2.55 bits per heavy atom. The fourth-order valence-corrected chi connectivity index (χ4v) is 7.61. The number of anilines is 1. The lowest BCUT2D eigenvalue weighted by molar-refractivity contribution is -0.142. The van der Waals surface area contributed by atoms with E-state index in [1.807, 2.05) is 36.4 Å². The average Bonchev–Trinajstić information content (AvgIpc) is 3.28. The molecule has 1 fully saturated rings. The Morgan fingerprint density at radius 1 is 0.980 bits per heavy atom. The first-order chi connectivity index (χ1) is 23.8. The number of unbranched alkanes of at least 4 members (excludes halogenated alkanes) is 1. The largest absolute Gasteiger partial charge is 0.504 e. The summed E-state index contributed by atoms with van der Waals surface area (Å²) in [5.74, 6) is 6.44. The van der Waals surface area contributed by atoms with E-state index in [0.717, 1.165) is 60.2 Å². The number of aromatic nitrogens is 1. The molecule has 4 N–H and O–H groups in total. The van der Waals surface area contributed by atoms with Crippen molar-refractivity contribution in [3.63, 3.8) is 0 Å².